The molecule has 0 aliphatic carbocycles. The van der Waals surface area contributed by atoms with Gasteiger partial charge in [-0.05, 0) is 17.5 Å². The van der Waals surface area contributed by atoms with Crippen molar-refractivity contribution in [2.75, 3.05) is 0 Å². The largest absolute Gasteiger partial charge is 0.313 e. The third-order valence-corrected chi connectivity index (χ3v) is 3.48. The predicted molar refractivity (Wildman–Crippen MR) is 66.6 cm³/mol. The maximum Gasteiger partial charge on any atom is 0.278 e. The van der Waals surface area contributed by atoms with Crippen molar-refractivity contribution in [3.8, 4) is 0 Å². The van der Waals surface area contributed by atoms with Crippen LogP contribution in [0, 0.1) is 10.1 Å². The summed E-state index contributed by atoms with van der Waals surface area (Å²) in [6.07, 6.45) is 0. The highest BCUT2D eigenvalue weighted by Crippen LogP contribution is 2.31. The first-order valence-electron chi connectivity index (χ1n) is 4.85. The maximum atomic E-state index is 11.8. The van der Waals surface area contributed by atoms with E-state index >= 15 is 0 Å². The van der Waals surface area contributed by atoms with E-state index in [1.165, 1.54) is 23.5 Å². The van der Waals surface area contributed by atoms with Crippen molar-refractivity contribution < 1.29 is 4.92 Å². The van der Waals surface area contributed by atoms with E-state index in [0.29, 0.717) is 15.6 Å². The Morgan fingerprint density at radius 3 is 2.82 bits per heavy atom. The van der Waals surface area contributed by atoms with Gasteiger partial charge < -0.3 is 4.98 Å². The minimum Gasteiger partial charge on any atom is -0.313 e. The van der Waals surface area contributed by atoms with Crippen molar-refractivity contribution in [1.82, 2.24) is 4.98 Å². The van der Waals surface area contributed by atoms with Crippen molar-refractivity contribution in [2.45, 2.75) is 0 Å². The van der Waals surface area contributed by atoms with Crippen LogP contribution in [0.15, 0.2) is 34.4 Å². The zero-order valence-corrected chi connectivity index (χ0v) is 9.28. The first kappa shape index (κ1) is 9.98. The Kier molecular flexibility index (Phi) is 1.99. The van der Waals surface area contributed by atoms with E-state index in [0.717, 1.165) is 5.39 Å². The third kappa shape index (κ3) is 1.34. The number of aromatic amines is 1. The van der Waals surface area contributed by atoms with Gasteiger partial charge in [-0.25, -0.2) is 0 Å². The van der Waals surface area contributed by atoms with Crippen LogP contribution in [0.5, 0.6) is 0 Å². The molecule has 0 bridgehead atoms. The summed E-state index contributed by atoms with van der Waals surface area (Å²) in [5.41, 5.74) is -0.323. The number of hydrogen-bond donors (Lipinski definition) is 1. The molecule has 0 fully saturated rings. The second-order valence-corrected chi connectivity index (χ2v) is 4.49. The smallest absolute Gasteiger partial charge is 0.278 e. The number of nitrogens with zero attached hydrogens (tertiary/aromatic N) is 1. The lowest BCUT2D eigenvalue weighted by Crippen LogP contribution is -2.06. The van der Waals surface area contributed by atoms with Crippen LogP contribution in [-0.2, 0) is 0 Å². The standard InChI is InChI=1S/C11H6N2O3S/c14-10-6-2-1-3-8(13(15)16)9(6)7-4-5-17-11(7)12-10/h1-5H,(H,12,14). The molecule has 0 radical (unpaired) electrons. The highest BCUT2D eigenvalue weighted by atomic mass is 32.1. The van der Waals surface area contributed by atoms with Gasteiger partial charge in [-0.3, -0.25) is 14.9 Å². The van der Waals surface area contributed by atoms with Crippen LogP contribution in [0.4, 0.5) is 5.69 Å². The highest BCUT2D eigenvalue weighted by molar-refractivity contribution is 7.16. The van der Waals surface area contributed by atoms with Gasteiger partial charge in [0.1, 0.15) is 4.83 Å². The van der Waals surface area contributed by atoms with E-state index in [1.54, 1.807) is 17.5 Å². The number of non-ortho nitro benzene ring substituents is 1. The lowest BCUT2D eigenvalue weighted by molar-refractivity contribution is -0.383. The van der Waals surface area contributed by atoms with Crippen LogP contribution in [0.3, 0.4) is 0 Å². The SMILES string of the molecule is O=c1[nH]c2sccc2c2c([N+](=O)[O-])cccc12. The van der Waals surface area contributed by atoms with Crippen LogP contribution in [0.1, 0.15) is 0 Å². The number of benzene rings is 1. The van der Waals surface area contributed by atoms with Gasteiger partial charge in [0.25, 0.3) is 11.2 Å². The summed E-state index contributed by atoms with van der Waals surface area (Å²) in [7, 11) is 0. The molecular formula is C11H6N2O3S. The van der Waals surface area contributed by atoms with Crippen LogP contribution < -0.4 is 5.56 Å². The molecule has 0 saturated carbocycles. The van der Waals surface area contributed by atoms with Crippen LogP contribution in [0.2, 0.25) is 0 Å². The van der Waals surface area contributed by atoms with Gasteiger partial charge in [0.05, 0.1) is 15.7 Å². The van der Waals surface area contributed by atoms with E-state index in [-0.39, 0.29) is 11.2 Å². The fourth-order valence-corrected chi connectivity index (χ4v) is 2.73. The Morgan fingerprint density at radius 1 is 1.24 bits per heavy atom. The summed E-state index contributed by atoms with van der Waals surface area (Å²) >= 11 is 1.36. The number of fused-ring (bicyclic) bond motifs is 3. The van der Waals surface area contributed by atoms with Gasteiger partial charge in [0.2, 0.25) is 0 Å². The predicted octanol–water partition coefficient (Wildman–Crippen LogP) is 2.65. The van der Waals surface area contributed by atoms with Crippen molar-refractivity contribution in [3.63, 3.8) is 0 Å². The van der Waals surface area contributed by atoms with Crippen LogP contribution >= 0.6 is 11.3 Å². The van der Waals surface area contributed by atoms with Crippen molar-refractivity contribution >= 4 is 38.0 Å². The second kappa shape index (κ2) is 3.39. The molecule has 0 saturated heterocycles. The zero-order chi connectivity index (χ0) is 12.0. The maximum absolute atomic E-state index is 11.8. The minimum absolute atomic E-state index is 0.0306. The Balaban J connectivity index is 2.69. The summed E-state index contributed by atoms with van der Waals surface area (Å²) < 4.78 is 0. The van der Waals surface area contributed by atoms with E-state index in [4.69, 9.17) is 0 Å². The molecule has 0 unspecified atom stereocenters. The average molecular weight is 246 g/mol. The molecule has 2 aromatic heterocycles. The van der Waals surface area contributed by atoms with Gasteiger partial charge in [-0.1, -0.05) is 6.07 Å². The summed E-state index contributed by atoms with van der Waals surface area (Å²) in [6.45, 7) is 0. The second-order valence-electron chi connectivity index (χ2n) is 3.57. The number of H-pyrrole nitrogens is 1. The summed E-state index contributed by atoms with van der Waals surface area (Å²) in [6, 6.07) is 6.32. The fourth-order valence-electron chi connectivity index (χ4n) is 1.94. The quantitative estimate of drug-likeness (QED) is 0.529. The first-order valence-corrected chi connectivity index (χ1v) is 5.73. The van der Waals surface area contributed by atoms with E-state index in [2.05, 4.69) is 4.98 Å². The highest BCUT2D eigenvalue weighted by Gasteiger charge is 2.16. The first-order chi connectivity index (χ1) is 8.18. The Labute approximate surface area is 98.5 Å². The number of pyridine rings is 1. The Hall–Kier alpha value is -2.21. The number of nitrogens with one attached hydrogen (secondary N) is 1. The molecule has 84 valence electrons. The molecule has 5 nitrogen and oxygen atoms in total. The summed E-state index contributed by atoms with van der Waals surface area (Å²) in [4.78, 5) is 25.7. The number of nitro benzene ring substituents is 1. The molecule has 0 atom stereocenters. The molecule has 1 N–H and O–H groups in total. The molecule has 3 aromatic rings. The summed E-state index contributed by atoms with van der Waals surface area (Å²) in [5, 5.41) is 14.3. The van der Waals surface area contributed by atoms with Gasteiger partial charge >= 0.3 is 0 Å². The summed E-state index contributed by atoms with van der Waals surface area (Å²) in [5.74, 6) is 0. The van der Waals surface area contributed by atoms with Gasteiger partial charge in [0, 0.05) is 11.5 Å². The van der Waals surface area contributed by atoms with E-state index < -0.39 is 4.92 Å². The van der Waals surface area contributed by atoms with Crippen LogP contribution in [0.25, 0.3) is 21.0 Å². The van der Waals surface area contributed by atoms with E-state index in [1.807, 2.05) is 0 Å². The lowest BCUT2D eigenvalue weighted by Gasteiger charge is -2.00. The molecule has 1 aromatic carbocycles. The average Bonchev–Trinajstić information content (AvgIpc) is 2.76. The number of hydrogen-bond acceptors (Lipinski definition) is 4. The van der Waals surface area contributed by atoms with Crippen molar-refractivity contribution in [3.05, 3.63) is 50.1 Å². The normalized spacial score (nSPS) is 11.1. The molecule has 0 amide bonds. The number of nitro groups is 1. The van der Waals surface area contributed by atoms with Crippen molar-refractivity contribution in [2.24, 2.45) is 0 Å². The lowest BCUT2D eigenvalue weighted by atomic mass is 10.1. The number of thiophene rings is 1. The molecule has 0 aliphatic heterocycles. The molecular weight excluding hydrogens is 240 g/mol. The Morgan fingerprint density at radius 2 is 2.06 bits per heavy atom. The number of aromatic nitrogens is 1. The molecule has 0 spiro atoms. The molecule has 0 aliphatic rings. The van der Waals surface area contributed by atoms with Gasteiger partial charge in [-0.15, -0.1) is 11.3 Å². The minimum atomic E-state index is -0.459. The van der Waals surface area contributed by atoms with E-state index in [9.17, 15) is 14.9 Å². The third-order valence-electron chi connectivity index (χ3n) is 2.65. The molecule has 3 rings (SSSR count). The molecule has 17 heavy (non-hydrogen) atoms. The molecule has 2 heterocycles. The monoisotopic (exact) mass is 246 g/mol. The zero-order valence-electron chi connectivity index (χ0n) is 8.47. The Bertz CT molecular complexity index is 803. The van der Waals surface area contributed by atoms with Gasteiger partial charge in [-0.2, -0.15) is 0 Å². The number of rotatable bonds is 1. The van der Waals surface area contributed by atoms with Crippen LogP contribution in [-0.4, -0.2) is 9.91 Å². The molecule has 6 heteroatoms. The van der Waals surface area contributed by atoms with Crippen molar-refractivity contribution in [1.29, 1.82) is 0 Å². The van der Waals surface area contributed by atoms with Gasteiger partial charge in [0.15, 0.2) is 0 Å². The fraction of sp³-hybridized carbons (Fsp3) is 0. The topological polar surface area (TPSA) is 76.0 Å².